The Balaban J connectivity index is 1.72. The normalized spacial score (nSPS) is 27.9. The maximum atomic E-state index is 12.9. The van der Waals surface area contributed by atoms with Crippen molar-refractivity contribution < 1.29 is 14.4 Å². The van der Waals surface area contributed by atoms with E-state index in [0.29, 0.717) is 0 Å². The van der Waals surface area contributed by atoms with Crippen LogP contribution >= 0.6 is 0 Å². The lowest BCUT2D eigenvalue weighted by Crippen LogP contribution is -2.48. The van der Waals surface area contributed by atoms with Crippen molar-refractivity contribution in [3.05, 3.63) is 0 Å². The predicted octanol–water partition coefficient (Wildman–Crippen LogP) is 1.75. The lowest BCUT2D eigenvalue weighted by atomic mass is 9.89. The largest absolute Gasteiger partial charge is 0.327 e. The van der Waals surface area contributed by atoms with Crippen LogP contribution in [0.25, 0.3) is 0 Å². The van der Waals surface area contributed by atoms with Gasteiger partial charge in [0.05, 0.1) is 6.42 Å². The van der Waals surface area contributed by atoms with Gasteiger partial charge in [-0.25, -0.2) is 0 Å². The maximum Gasteiger partial charge on any atom is 0.249 e. The predicted molar refractivity (Wildman–Crippen MR) is 77.2 cm³/mol. The summed E-state index contributed by atoms with van der Waals surface area (Å²) >= 11 is 0. The molecule has 2 aliphatic carbocycles. The van der Waals surface area contributed by atoms with Gasteiger partial charge in [-0.15, -0.1) is 0 Å². The zero-order valence-corrected chi connectivity index (χ0v) is 12.5. The van der Waals surface area contributed by atoms with Crippen molar-refractivity contribution in [3.63, 3.8) is 0 Å². The molecule has 5 heteroatoms. The summed E-state index contributed by atoms with van der Waals surface area (Å²) < 4.78 is 0. The van der Waals surface area contributed by atoms with Crippen LogP contribution in [0.3, 0.4) is 0 Å². The third kappa shape index (κ3) is 3.27. The molecule has 5 nitrogen and oxygen atoms in total. The zero-order chi connectivity index (χ0) is 14.8. The second-order valence-electron chi connectivity index (χ2n) is 6.65. The van der Waals surface area contributed by atoms with Crippen molar-refractivity contribution >= 4 is 17.7 Å². The number of hydrogen-bond acceptors (Lipinski definition) is 3. The Bertz CT molecular complexity index is 437. The summed E-state index contributed by atoms with van der Waals surface area (Å²) in [5, 5.41) is 2.34. The van der Waals surface area contributed by atoms with Gasteiger partial charge in [0.1, 0.15) is 6.04 Å². The van der Waals surface area contributed by atoms with Gasteiger partial charge in [0.25, 0.3) is 0 Å². The van der Waals surface area contributed by atoms with Crippen LogP contribution in [0.1, 0.15) is 64.2 Å². The van der Waals surface area contributed by atoms with E-state index in [4.69, 9.17) is 0 Å². The van der Waals surface area contributed by atoms with Gasteiger partial charge in [0.2, 0.25) is 17.7 Å². The van der Waals surface area contributed by atoms with Gasteiger partial charge in [-0.1, -0.05) is 32.1 Å². The van der Waals surface area contributed by atoms with Gasteiger partial charge in [0.15, 0.2) is 0 Å². The molecule has 0 radical (unpaired) electrons. The summed E-state index contributed by atoms with van der Waals surface area (Å²) in [7, 11) is 0. The zero-order valence-electron chi connectivity index (χ0n) is 12.5. The molecule has 0 aromatic carbocycles. The number of amides is 3. The van der Waals surface area contributed by atoms with Crippen molar-refractivity contribution in [2.75, 3.05) is 0 Å². The molecule has 21 heavy (non-hydrogen) atoms. The number of carbonyl (C=O) groups excluding carboxylic acids is 3. The molecule has 0 spiro atoms. The highest BCUT2D eigenvalue weighted by molar-refractivity contribution is 6.07. The standard InChI is InChI=1S/C16H24N2O3/c19-14-10-13(15(20)17-14)18(12-8-9-12)16(21)11-6-4-2-1-3-5-7-11/h11-13H,1-10H2,(H,17,19,20). The van der Waals surface area contributed by atoms with Gasteiger partial charge in [-0.3, -0.25) is 19.7 Å². The first-order valence-electron chi connectivity index (χ1n) is 8.32. The van der Waals surface area contributed by atoms with Crippen molar-refractivity contribution in [1.29, 1.82) is 0 Å². The van der Waals surface area contributed by atoms with E-state index < -0.39 is 6.04 Å². The molecule has 1 N–H and O–H groups in total. The number of hydrogen-bond donors (Lipinski definition) is 1. The average Bonchev–Trinajstić information content (AvgIpc) is 3.16. The molecule has 1 atom stereocenters. The molecule has 0 aromatic rings. The average molecular weight is 292 g/mol. The molecular formula is C16H24N2O3. The smallest absolute Gasteiger partial charge is 0.249 e. The van der Waals surface area contributed by atoms with Crippen LogP contribution in [0.4, 0.5) is 0 Å². The minimum Gasteiger partial charge on any atom is -0.327 e. The molecule has 1 unspecified atom stereocenters. The second-order valence-corrected chi connectivity index (χ2v) is 6.65. The fraction of sp³-hybridized carbons (Fsp3) is 0.812. The molecule has 1 aliphatic heterocycles. The van der Waals surface area contributed by atoms with Crippen molar-refractivity contribution in [1.82, 2.24) is 10.2 Å². The number of rotatable bonds is 3. The van der Waals surface area contributed by atoms with E-state index in [-0.39, 0.29) is 36.1 Å². The Morgan fingerprint density at radius 3 is 2.10 bits per heavy atom. The van der Waals surface area contributed by atoms with Gasteiger partial charge >= 0.3 is 0 Å². The van der Waals surface area contributed by atoms with E-state index in [1.54, 1.807) is 4.90 Å². The van der Waals surface area contributed by atoms with Crippen LogP contribution in [-0.2, 0) is 14.4 Å². The fourth-order valence-corrected chi connectivity index (χ4v) is 3.62. The van der Waals surface area contributed by atoms with Crippen LogP contribution in [-0.4, -0.2) is 34.7 Å². The Morgan fingerprint density at radius 1 is 0.952 bits per heavy atom. The minimum atomic E-state index is -0.553. The van der Waals surface area contributed by atoms with Crippen LogP contribution in [0.15, 0.2) is 0 Å². The number of nitrogens with one attached hydrogen (secondary N) is 1. The quantitative estimate of drug-likeness (QED) is 0.806. The Hall–Kier alpha value is -1.39. The molecule has 2 saturated carbocycles. The van der Waals surface area contributed by atoms with Crippen LogP contribution in [0.2, 0.25) is 0 Å². The Labute approximate surface area is 125 Å². The topological polar surface area (TPSA) is 66.5 Å². The second kappa shape index (κ2) is 6.16. The highest BCUT2D eigenvalue weighted by atomic mass is 16.2. The van der Waals surface area contributed by atoms with E-state index in [2.05, 4.69) is 5.32 Å². The fourth-order valence-electron chi connectivity index (χ4n) is 3.62. The van der Waals surface area contributed by atoms with Crippen LogP contribution in [0, 0.1) is 5.92 Å². The van der Waals surface area contributed by atoms with E-state index in [1.807, 2.05) is 0 Å². The SMILES string of the molecule is O=C1CC(N(C(=O)C2CCCCCCC2)C2CC2)C(=O)N1. The molecule has 1 heterocycles. The molecular weight excluding hydrogens is 268 g/mol. The lowest BCUT2D eigenvalue weighted by molar-refractivity contribution is -0.143. The number of nitrogens with zero attached hydrogens (tertiary/aromatic N) is 1. The van der Waals surface area contributed by atoms with Crippen LogP contribution < -0.4 is 5.32 Å². The highest BCUT2D eigenvalue weighted by Crippen LogP contribution is 2.34. The van der Waals surface area contributed by atoms with E-state index in [0.717, 1.165) is 38.5 Å². The maximum absolute atomic E-state index is 12.9. The first-order valence-corrected chi connectivity index (χ1v) is 8.32. The van der Waals surface area contributed by atoms with Crippen molar-refractivity contribution in [2.24, 2.45) is 5.92 Å². The third-order valence-corrected chi connectivity index (χ3v) is 4.93. The van der Waals surface area contributed by atoms with Gasteiger partial charge in [-0.2, -0.15) is 0 Å². The summed E-state index contributed by atoms with van der Waals surface area (Å²) in [6, 6.07) is -0.368. The van der Waals surface area contributed by atoms with E-state index >= 15 is 0 Å². The van der Waals surface area contributed by atoms with Gasteiger partial charge in [0, 0.05) is 12.0 Å². The van der Waals surface area contributed by atoms with Crippen molar-refractivity contribution in [3.8, 4) is 0 Å². The first kappa shape index (κ1) is 14.5. The molecule has 0 aromatic heterocycles. The van der Waals surface area contributed by atoms with E-state index in [9.17, 15) is 14.4 Å². The number of imide groups is 1. The highest BCUT2D eigenvalue weighted by Gasteiger charge is 2.45. The monoisotopic (exact) mass is 292 g/mol. The molecule has 3 fully saturated rings. The third-order valence-electron chi connectivity index (χ3n) is 4.93. The minimum absolute atomic E-state index is 0.0504. The summed E-state index contributed by atoms with van der Waals surface area (Å²) in [5.41, 5.74) is 0. The Kier molecular flexibility index (Phi) is 4.27. The molecule has 1 saturated heterocycles. The van der Waals surface area contributed by atoms with Crippen LogP contribution in [0.5, 0.6) is 0 Å². The summed E-state index contributed by atoms with van der Waals surface area (Å²) in [5.74, 6) is -0.365. The molecule has 116 valence electrons. The first-order chi connectivity index (χ1) is 10.2. The van der Waals surface area contributed by atoms with Gasteiger partial charge < -0.3 is 4.90 Å². The van der Waals surface area contributed by atoms with E-state index in [1.165, 1.54) is 19.3 Å². The molecule has 0 bridgehead atoms. The molecule has 3 rings (SSSR count). The Morgan fingerprint density at radius 2 is 1.57 bits per heavy atom. The number of carbonyl (C=O) groups is 3. The molecule has 3 aliphatic rings. The summed E-state index contributed by atoms with van der Waals surface area (Å²) in [6.45, 7) is 0. The van der Waals surface area contributed by atoms with Gasteiger partial charge in [-0.05, 0) is 25.7 Å². The van der Waals surface area contributed by atoms with Crippen molar-refractivity contribution in [2.45, 2.75) is 76.3 Å². The lowest BCUT2D eigenvalue weighted by Gasteiger charge is -2.31. The summed E-state index contributed by atoms with van der Waals surface area (Å²) in [6.07, 6.45) is 9.84. The molecule has 3 amide bonds. The summed E-state index contributed by atoms with van der Waals surface area (Å²) in [4.78, 5) is 38.1.